The predicted molar refractivity (Wildman–Crippen MR) is 194 cm³/mol. The SMILES string of the molecule is CC(C)[Si]([N-]CCN(CC[N-][Si](C(C)C)(C(C)C)C(C)C)CC[N-][Si](C(C)C)(C(C)C)C(C)C)(C(C)C)C(C)C.[Cl-].[U+4]. The first-order chi connectivity index (χ1) is 18.3. The molecule has 4 nitrogen and oxygen atoms in total. The van der Waals surface area contributed by atoms with Gasteiger partial charge in [-0.2, -0.15) is 0 Å². The van der Waals surface area contributed by atoms with Crippen LogP contribution in [0.2, 0.25) is 49.9 Å². The minimum Gasteiger partial charge on any atom is -1.00 e. The van der Waals surface area contributed by atoms with Crippen LogP contribution in [-0.4, -0.2) is 68.9 Å². The van der Waals surface area contributed by atoms with Crippen LogP contribution in [0.15, 0.2) is 0 Å². The van der Waals surface area contributed by atoms with Gasteiger partial charge in [-0.3, -0.25) is 0 Å². The molecular formula is C33H75ClN4Si3U. The Morgan fingerprint density at radius 1 is 0.357 bits per heavy atom. The summed E-state index contributed by atoms with van der Waals surface area (Å²) in [4.78, 5) is 19.6. The summed E-state index contributed by atoms with van der Waals surface area (Å²) in [6.45, 7) is 49.7. The van der Waals surface area contributed by atoms with Crippen molar-refractivity contribution in [2.75, 3.05) is 39.3 Å². The van der Waals surface area contributed by atoms with Crippen molar-refractivity contribution in [1.29, 1.82) is 0 Å². The van der Waals surface area contributed by atoms with Gasteiger partial charge >= 0.3 is 31.1 Å². The van der Waals surface area contributed by atoms with Gasteiger partial charge in [0.2, 0.25) is 0 Å². The van der Waals surface area contributed by atoms with Gasteiger partial charge in [0, 0.05) is 0 Å². The van der Waals surface area contributed by atoms with Crippen LogP contribution in [0.3, 0.4) is 0 Å². The number of rotatable bonds is 21. The average molecular weight is 886 g/mol. The molecule has 0 radical (unpaired) electrons. The van der Waals surface area contributed by atoms with Gasteiger partial charge in [-0.1, -0.05) is 174 Å². The van der Waals surface area contributed by atoms with E-state index in [1.165, 1.54) is 0 Å². The molecule has 0 atom stereocenters. The van der Waals surface area contributed by atoms with E-state index >= 15 is 0 Å². The monoisotopic (exact) mass is 885 g/mol. The maximum atomic E-state index is 5.63. The molecule has 0 saturated carbocycles. The molecule has 0 spiro atoms. The Kier molecular flexibility index (Phi) is 24.9. The molecule has 0 aromatic carbocycles. The molecule has 0 amide bonds. The molecule has 0 aliphatic rings. The Morgan fingerprint density at radius 3 is 0.619 bits per heavy atom. The van der Waals surface area contributed by atoms with Crippen molar-refractivity contribution < 1.29 is 43.5 Å². The second kappa shape index (κ2) is 21.7. The van der Waals surface area contributed by atoms with E-state index in [0.717, 1.165) is 39.3 Å². The summed E-state index contributed by atoms with van der Waals surface area (Å²) < 4.78 is 0. The fraction of sp³-hybridized carbons (Fsp3) is 1.00. The van der Waals surface area contributed by atoms with Gasteiger partial charge in [0.1, 0.15) is 0 Å². The molecule has 0 aliphatic carbocycles. The third-order valence-electron chi connectivity index (χ3n) is 10.7. The zero-order valence-electron chi connectivity index (χ0n) is 31.6. The summed E-state index contributed by atoms with van der Waals surface area (Å²) in [7, 11) is -5.22. The van der Waals surface area contributed by atoms with E-state index in [1.807, 2.05) is 0 Å². The Hall–Kier alpha value is 1.83. The summed E-state index contributed by atoms with van der Waals surface area (Å²) in [5.74, 6) is 0. The summed E-state index contributed by atoms with van der Waals surface area (Å²) in [5, 5.41) is 0. The Bertz CT molecular complexity index is 533. The summed E-state index contributed by atoms with van der Waals surface area (Å²) in [6.07, 6.45) is 0. The molecule has 0 aliphatic heterocycles. The van der Waals surface area contributed by atoms with Crippen molar-refractivity contribution in [3.05, 3.63) is 14.9 Å². The van der Waals surface area contributed by atoms with Gasteiger partial charge in [0.25, 0.3) is 0 Å². The second-order valence-electron chi connectivity index (χ2n) is 15.5. The molecule has 9 heteroatoms. The number of hydrogen-bond donors (Lipinski definition) is 0. The fourth-order valence-corrected chi connectivity index (χ4v) is 25.9. The topological polar surface area (TPSA) is 45.5 Å². The molecular weight excluding hydrogens is 810 g/mol. The molecule has 0 aromatic heterocycles. The van der Waals surface area contributed by atoms with Crippen molar-refractivity contribution in [1.82, 2.24) is 4.90 Å². The maximum Gasteiger partial charge on any atom is 4.00 e. The van der Waals surface area contributed by atoms with Crippen LogP contribution in [-0.2, 0) is 0 Å². The summed E-state index contributed by atoms with van der Waals surface area (Å²) in [6, 6.07) is 0. The van der Waals surface area contributed by atoms with Crippen LogP contribution in [0.25, 0.3) is 14.9 Å². The van der Waals surface area contributed by atoms with Crippen molar-refractivity contribution in [3.63, 3.8) is 0 Å². The molecule has 0 unspecified atom stereocenters. The quantitative estimate of drug-likeness (QED) is 0.106. The standard InChI is InChI=1S/C33H75N4Si3.ClH.U/c1-25(2)38(26(3)4,27(5)6)34-19-22-37(23-20-35-39(28(7)8,29(9)10)30(11)12)24-21-36-40(31(13)14,32(15)16)33(17)18;;/h25-33H,19-24H2,1-18H3;1H;/q-3;;+4/p-1. The normalized spacial score (nSPS) is 13.7. The van der Waals surface area contributed by atoms with Crippen LogP contribution >= 0.6 is 0 Å². The number of halogens is 1. The molecule has 0 heterocycles. The molecule has 250 valence electrons. The molecule has 0 fully saturated rings. The van der Waals surface area contributed by atoms with E-state index in [9.17, 15) is 0 Å². The van der Waals surface area contributed by atoms with E-state index in [4.69, 9.17) is 14.9 Å². The zero-order chi connectivity index (χ0) is 31.6. The van der Waals surface area contributed by atoms with Gasteiger partial charge in [-0.25, -0.2) is 0 Å². The van der Waals surface area contributed by atoms with Gasteiger partial charge < -0.3 is 32.3 Å². The van der Waals surface area contributed by atoms with Crippen molar-refractivity contribution in [3.8, 4) is 0 Å². The minimum absolute atomic E-state index is 0. The first-order valence-electron chi connectivity index (χ1n) is 17.1. The van der Waals surface area contributed by atoms with Gasteiger partial charge in [-0.05, 0) is 44.3 Å². The summed E-state index contributed by atoms with van der Waals surface area (Å²) >= 11 is 0. The van der Waals surface area contributed by atoms with E-state index in [-0.39, 0.29) is 43.5 Å². The number of nitrogens with zero attached hydrogens (tertiary/aromatic N) is 4. The summed E-state index contributed by atoms with van der Waals surface area (Å²) in [5.41, 5.74) is 6.09. The largest absolute Gasteiger partial charge is 4.00 e. The Balaban J connectivity index is -0.00000760. The smallest absolute Gasteiger partial charge is 1.00 e. The first-order valence-corrected chi connectivity index (χ1v) is 23.6. The first kappa shape index (κ1) is 48.2. The molecule has 42 heavy (non-hydrogen) atoms. The number of hydrogen-bond acceptors (Lipinski definition) is 1. The van der Waals surface area contributed by atoms with Gasteiger partial charge in [-0.15, -0.1) is 19.6 Å². The molecule has 0 N–H and O–H groups in total. The van der Waals surface area contributed by atoms with Crippen LogP contribution < -0.4 is 12.4 Å². The van der Waals surface area contributed by atoms with E-state index in [1.54, 1.807) is 0 Å². The van der Waals surface area contributed by atoms with Crippen molar-refractivity contribution in [2.24, 2.45) is 0 Å². The molecule has 0 aromatic rings. The average Bonchev–Trinajstić information content (AvgIpc) is 2.79. The van der Waals surface area contributed by atoms with Crippen LogP contribution in [0, 0.1) is 31.1 Å². The third kappa shape index (κ3) is 11.8. The Labute approximate surface area is 299 Å². The van der Waals surface area contributed by atoms with E-state index < -0.39 is 24.7 Å². The minimum atomic E-state index is -1.74. The molecule has 0 bridgehead atoms. The molecule has 0 saturated heterocycles. The van der Waals surface area contributed by atoms with Crippen LogP contribution in [0.5, 0.6) is 0 Å². The van der Waals surface area contributed by atoms with Crippen molar-refractivity contribution in [2.45, 2.75) is 174 Å². The van der Waals surface area contributed by atoms with Crippen LogP contribution in [0.4, 0.5) is 0 Å². The van der Waals surface area contributed by atoms with E-state index in [0.29, 0.717) is 49.9 Å². The van der Waals surface area contributed by atoms with Gasteiger partial charge in [0.05, 0.1) is 0 Å². The van der Waals surface area contributed by atoms with Gasteiger partial charge in [0.15, 0.2) is 0 Å². The Morgan fingerprint density at radius 2 is 0.500 bits per heavy atom. The molecule has 0 rings (SSSR count). The van der Waals surface area contributed by atoms with Crippen molar-refractivity contribution >= 4 is 24.7 Å². The predicted octanol–water partition coefficient (Wildman–Crippen LogP) is 8.94. The van der Waals surface area contributed by atoms with Crippen LogP contribution in [0.1, 0.15) is 125 Å². The third-order valence-corrected chi connectivity index (χ3v) is 29.7. The second-order valence-corrected chi connectivity index (χ2v) is 32.2. The maximum absolute atomic E-state index is 5.63. The zero-order valence-corrected chi connectivity index (χ0v) is 39.5. The van der Waals surface area contributed by atoms with E-state index in [2.05, 4.69) is 130 Å². The fourth-order valence-electron chi connectivity index (χ4n) is 9.13.